The third kappa shape index (κ3) is 4.23. The van der Waals surface area contributed by atoms with E-state index in [9.17, 15) is 18.0 Å². The predicted molar refractivity (Wildman–Crippen MR) is 126 cm³/mol. The van der Waals surface area contributed by atoms with Gasteiger partial charge in [0.25, 0.3) is 5.91 Å². The number of urea groups is 1. The third-order valence-electron chi connectivity index (χ3n) is 6.61. The summed E-state index contributed by atoms with van der Waals surface area (Å²) in [6, 6.07) is 13.2. The van der Waals surface area contributed by atoms with Crippen LogP contribution in [0.5, 0.6) is 11.5 Å². The molecule has 1 atom stereocenters. The van der Waals surface area contributed by atoms with E-state index in [4.69, 9.17) is 9.47 Å². The molecule has 2 saturated heterocycles. The summed E-state index contributed by atoms with van der Waals surface area (Å²) in [6.45, 7) is 2.41. The lowest BCUT2D eigenvalue weighted by atomic mass is 9.82. The van der Waals surface area contributed by atoms with Gasteiger partial charge in [-0.3, -0.25) is 9.69 Å². The zero-order valence-corrected chi connectivity index (χ0v) is 20.3. The van der Waals surface area contributed by atoms with E-state index in [0.717, 1.165) is 0 Å². The van der Waals surface area contributed by atoms with Gasteiger partial charge in [-0.2, -0.15) is 0 Å². The van der Waals surface area contributed by atoms with E-state index in [2.05, 4.69) is 5.32 Å². The number of nitrogens with one attached hydrogen (secondary N) is 1. The Morgan fingerprint density at radius 3 is 1.94 bits per heavy atom. The van der Waals surface area contributed by atoms with Gasteiger partial charge in [0.15, 0.2) is 15.4 Å². The topological polar surface area (TPSA) is 105 Å². The number of carbonyl (C=O) groups is 2. The monoisotopic (exact) mass is 487 g/mol. The molecular weight excluding hydrogens is 458 g/mol. The molecule has 0 bridgehead atoms. The minimum absolute atomic E-state index is 0.00934. The van der Waals surface area contributed by atoms with E-state index in [1.165, 1.54) is 4.90 Å². The SMILES string of the molecule is CCN(CN1C(=O)NC(c2ccc(OC)cc2)(c2ccc(OC)cc2)C1=O)[C@H]1CCS(=O)(=O)C1. The van der Waals surface area contributed by atoms with E-state index in [1.54, 1.807) is 62.8 Å². The van der Waals surface area contributed by atoms with Crippen LogP contribution in [0.15, 0.2) is 48.5 Å². The van der Waals surface area contributed by atoms with Gasteiger partial charge in [0.2, 0.25) is 0 Å². The highest BCUT2D eigenvalue weighted by atomic mass is 32.2. The standard InChI is InChI=1S/C24H29N3O6S/c1-4-26(19-13-14-34(30,31)15-19)16-27-22(28)24(25-23(27)29,17-5-9-20(32-2)10-6-17)18-7-11-21(33-3)12-8-18/h5-12,19H,4,13-16H2,1-3H3,(H,25,29)/t19-/m0/s1. The number of sulfone groups is 1. The molecule has 0 saturated carbocycles. The lowest BCUT2D eigenvalue weighted by Crippen LogP contribution is -2.48. The highest BCUT2D eigenvalue weighted by Gasteiger charge is 2.54. The second kappa shape index (κ2) is 9.27. The number of benzene rings is 2. The van der Waals surface area contributed by atoms with Crippen molar-refractivity contribution in [2.75, 3.05) is 38.9 Å². The first kappa shape index (κ1) is 24.0. The van der Waals surface area contributed by atoms with Crippen LogP contribution in [0, 0.1) is 0 Å². The van der Waals surface area contributed by atoms with Crippen molar-refractivity contribution in [2.45, 2.75) is 24.9 Å². The lowest BCUT2D eigenvalue weighted by molar-refractivity contribution is -0.132. The molecule has 2 heterocycles. The lowest BCUT2D eigenvalue weighted by Gasteiger charge is -2.31. The Hall–Kier alpha value is -3.11. The quantitative estimate of drug-likeness (QED) is 0.568. The Morgan fingerprint density at radius 2 is 1.53 bits per heavy atom. The highest BCUT2D eigenvalue weighted by Crippen LogP contribution is 2.38. The van der Waals surface area contributed by atoms with Crippen molar-refractivity contribution < 1.29 is 27.5 Å². The number of imide groups is 1. The van der Waals surface area contributed by atoms with Gasteiger partial charge < -0.3 is 14.8 Å². The minimum Gasteiger partial charge on any atom is -0.497 e. The first-order chi connectivity index (χ1) is 16.2. The molecule has 2 fully saturated rings. The predicted octanol–water partition coefficient (Wildman–Crippen LogP) is 1.97. The summed E-state index contributed by atoms with van der Waals surface area (Å²) in [5, 5.41) is 2.92. The second-order valence-electron chi connectivity index (χ2n) is 8.47. The molecule has 9 nitrogen and oxygen atoms in total. The summed E-state index contributed by atoms with van der Waals surface area (Å²) in [6.07, 6.45) is 0.488. The second-order valence-corrected chi connectivity index (χ2v) is 10.7. The van der Waals surface area contributed by atoms with E-state index >= 15 is 0 Å². The van der Waals surface area contributed by atoms with Crippen LogP contribution in [0.2, 0.25) is 0 Å². The highest BCUT2D eigenvalue weighted by molar-refractivity contribution is 7.91. The van der Waals surface area contributed by atoms with Crippen LogP contribution in [-0.4, -0.2) is 75.1 Å². The van der Waals surface area contributed by atoms with E-state index < -0.39 is 27.3 Å². The van der Waals surface area contributed by atoms with Crippen LogP contribution >= 0.6 is 0 Å². The molecule has 0 radical (unpaired) electrons. The first-order valence-electron chi connectivity index (χ1n) is 11.1. The average molecular weight is 488 g/mol. The molecule has 2 aliphatic heterocycles. The van der Waals surface area contributed by atoms with Crippen molar-refractivity contribution in [3.63, 3.8) is 0 Å². The summed E-state index contributed by atoms with van der Waals surface area (Å²) < 4.78 is 34.5. The number of methoxy groups -OCH3 is 2. The van der Waals surface area contributed by atoms with E-state index in [-0.39, 0.29) is 24.2 Å². The maximum absolute atomic E-state index is 14.0. The van der Waals surface area contributed by atoms with Gasteiger partial charge in [-0.25, -0.2) is 18.1 Å². The molecule has 0 unspecified atom stereocenters. The smallest absolute Gasteiger partial charge is 0.326 e. The normalized spacial score (nSPS) is 21.1. The van der Waals surface area contributed by atoms with E-state index in [0.29, 0.717) is 35.6 Å². The molecule has 182 valence electrons. The van der Waals surface area contributed by atoms with Crippen LogP contribution in [0.25, 0.3) is 0 Å². The average Bonchev–Trinajstić information content (AvgIpc) is 3.33. The fraction of sp³-hybridized carbons (Fsp3) is 0.417. The third-order valence-corrected chi connectivity index (χ3v) is 8.36. The van der Waals surface area contributed by atoms with Gasteiger partial charge >= 0.3 is 6.03 Å². The molecule has 10 heteroatoms. The summed E-state index contributed by atoms with van der Waals surface area (Å²) in [7, 11) is 0.0105. The van der Waals surface area contributed by atoms with Crippen molar-refractivity contribution in [3.05, 3.63) is 59.7 Å². The Morgan fingerprint density at radius 1 is 1.00 bits per heavy atom. The summed E-state index contributed by atoms with van der Waals surface area (Å²) >= 11 is 0. The molecule has 1 N–H and O–H groups in total. The van der Waals surface area contributed by atoms with Gasteiger partial charge in [0, 0.05) is 6.04 Å². The summed E-state index contributed by atoms with van der Waals surface area (Å²) in [5.41, 5.74) is -0.256. The fourth-order valence-corrected chi connectivity index (χ4v) is 6.42. The number of hydrogen-bond acceptors (Lipinski definition) is 7. The maximum atomic E-state index is 14.0. The van der Waals surface area contributed by atoms with Gasteiger partial charge in [-0.05, 0) is 48.4 Å². The van der Waals surface area contributed by atoms with Crippen LogP contribution in [0.4, 0.5) is 4.79 Å². The van der Waals surface area contributed by atoms with Crippen molar-refractivity contribution in [2.24, 2.45) is 0 Å². The Labute approximate surface area is 199 Å². The Kier molecular flexibility index (Phi) is 6.55. The number of ether oxygens (including phenoxy) is 2. The van der Waals surface area contributed by atoms with E-state index in [1.807, 2.05) is 11.8 Å². The van der Waals surface area contributed by atoms with Crippen molar-refractivity contribution in [1.82, 2.24) is 15.1 Å². The van der Waals surface area contributed by atoms with Crippen molar-refractivity contribution >= 4 is 21.8 Å². The van der Waals surface area contributed by atoms with Crippen LogP contribution in [0.3, 0.4) is 0 Å². The largest absolute Gasteiger partial charge is 0.497 e. The van der Waals surface area contributed by atoms with Crippen LogP contribution in [-0.2, 0) is 20.2 Å². The molecule has 0 spiro atoms. The van der Waals surface area contributed by atoms with Gasteiger partial charge in [-0.1, -0.05) is 31.2 Å². The Balaban J connectivity index is 1.72. The van der Waals surface area contributed by atoms with Crippen LogP contribution < -0.4 is 14.8 Å². The molecule has 2 aliphatic rings. The molecule has 3 amide bonds. The molecule has 2 aromatic rings. The number of carbonyl (C=O) groups excluding carboxylic acids is 2. The fourth-order valence-electron chi connectivity index (χ4n) is 4.66. The molecule has 0 aliphatic carbocycles. The molecular formula is C24H29N3O6S. The van der Waals surface area contributed by atoms with Crippen molar-refractivity contribution in [3.8, 4) is 11.5 Å². The number of nitrogens with zero attached hydrogens (tertiary/aromatic N) is 2. The summed E-state index contributed by atoms with van der Waals surface area (Å²) in [5.74, 6) is 0.985. The van der Waals surface area contributed by atoms with Gasteiger partial charge in [-0.15, -0.1) is 0 Å². The molecule has 0 aromatic heterocycles. The minimum atomic E-state index is -3.10. The van der Waals surface area contributed by atoms with Gasteiger partial charge in [0.1, 0.15) is 11.5 Å². The molecule has 34 heavy (non-hydrogen) atoms. The zero-order valence-electron chi connectivity index (χ0n) is 19.5. The molecule has 4 rings (SSSR count). The Bertz CT molecular complexity index is 1120. The van der Waals surface area contributed by atoms with Gasteiger partial charge in [0.05, 0.1) is 32.4 Å². The first-order valence-corrected chi connectivity index (χ1v) is 12.9. The van der Waals surface area contributed by atoms with Crippen molar-refractivity contribution in [1.29, 1.82) is 0 Å². The number of hydrogen-bond donors (Lipinski definition) is 1. The molecule has 2 aromatic carbocycles. The summed E-state index contributed by atoms with van der Waals surface area (Å²) in [4.78, 5) is 30.2. The zero-order chi connectivity index (χ0) is 24.5. The maximum Gasteiger partial charge on any atom is 0.326 e. The number of rotatable bonds is 8. The number of amides is 3. The van der Waals surface area contributed by atoms with Crippen LogP contribution in [0.1, 0.15) is 24.5 Å².